The third-order valence-corrected chi connectivity index (χ3v) is 3.97. The zero-order valence-electron chi connectivity index (χ0n) is 13.8. The molecule has 24 heavy (non-hydrogen) atoms. The number of hydrogen-bond donors (Lipinski definition) is 1. The number of rotatable bonds is 5. The van der Waals surface area contributed by atoms with E-state index in [0.717, 1.165) is 0 Å². The summed E-state index contributed by atoms with van der Waals surface area (Å²) in [4.78, 5) is 17.0. The van der Waals surface area contributed by atoms with E-state index in [-0.39, 0.29) is 11.5 Å². The minimum Gasteiger partial charge on any atom is -0.277 e. The molecule has 1 N–H and O–H groups in total. The third-order valence-electron chi connectivity index (χ3n) is 3.97. The van der Waals surface area contributed by atoms with E-state index in [1.807, 2.05) is 49.5 Å². The molecule has 0 aliphatic carbocycles. The first-order valence-electron chi connectivity index (χ1n) is 8.04. The Morgan fingerprint density at radius 2 is 1.88 bits per heavy atom. The standard InChI is InChI=1S/C19H20N4O/c1-3-23-18(24)16-11-7-8-12-17(16)21-19(23)22-20-13-14(2)15-9-5-4-6-10-15/h4-14H,3H2,1-2H3,(H,21,22)/b20-13-/t14-/m0/s1. The van der Waals surface area contributed by atoms with Gasteiger partial charge < -0.3 is 0 Å². The fourth-order valence-electron chi connectivity index (χ4n) is 2.60. The van der Waals surface area contributed by atoms with Crippen LogP contribution in [0.25, 0.3) is 10.9 Å². The van der Waals surface area contributed by atoms with E-state index in [2.05, 4.69) is 34.6 Å². The second-order valence-corrected chi connectivity index (χ2v) is 5.59. The van der Waals surface area contributed by atoms with Gasteiger partial charge in [-0.3, -0.25) is 9.36 Å². The number of hydrogen-bond acceptors (Lipinski definition) is 4. The summed E-state index contributed by atoms with van der Waals surface area (Å²) in [5.74, 6) is 0.624. The predicted molar refractivity (Wildman–Crippen MR) is 98.6 cm³/mol. The molecule has 0 bridgehead atoms. The Labute approximate surface area is 140 Å². The van der Waals surface area contributed by atoms with E-state index in [0.29, 0.717) is 23.4 Å². The van der Waals surface area contributed by atoms with Crippen LogP contribution < -0.4 is 11.0 Å². The van der Waals surface area contributed by atoms with Gasteiger partial charge in [0.05, 0.1) is 10.9 Å². The molecule has 1 heterocycles. The van der Waals surface area contributed by atoms with Gasteiger partial charge in [-0.15, -0.1) is 0 Å². The van der Waals surface area contributed by atoms with E-state index in [9.17, 15) is 4.79 Å². The Bertz CT molecular complexity index is 916. The fourth-order valence-corrected chi connectivity index (χ4v) is 2.60. The topological polar surface area (TPSA) is 59.3 Å². The van der Waals surface area contributed by atoms with Crippen LogP contribution in [0, 0.1) is 0 Å². The summed E-state index contributed by atoms with van der Waals surface area (Å²) >= 11 is 0. The summed E-state index contributed by atoms with van der Waals surface area (Å²) in [6.07, 6.45) is 1.82. The summed E-state index contributed by atoms with van der Waals surface area (Å²) in [5.41, 5.74) is 4.71. The average molecular weight is 320 g/mol. The normalized spacial score (nSPS) is 12.6. The first kappa shape index (κ1) is 15.9. The van der Waals surface area contributed by atoms with Gasteiger partial charge in [0.2, 0.25) is 5.95 Å². The molecule has 0 saturated carbocycles. The molecule has 0 fully saturated rings. The number of nitrogens with zero attached hydrogens (tertiary/aromatic N) is 3. The van der Waals surface area contributed by atoms with Crippen LogP contribution in [0.1, 0.15) is 25.3 Å². The van der Waals surface area contributed by atoms with E-state index >= 15 is 0 Å². The Morgan fingerprint density at radius 1 is 1.17 bits per heavy atom. The van der Waals surface area contributed by atoms with Crippen molar-refractivity contribution in [3.05, 3.63) is 70.5 Å². The molecule has 0 spiro atoms. The van der Waals surface area contributed by atoms with Gasteiger partial charge in [-0.05, 0) is 24.6 Å². The van der Waals surface area contributed by atoms with Crippen molar-refractivity contribution in [2.45, 2.75) is 26.3 Å². The summed E-state index contributed by atoms with van der Waals surface area (Å²) in [5, 5.41) is 4.89. The Hall–Kier alpha value is -2.95. The van der Waals surface area contributed by atoms with Crippen LogP contribution in [0.4, 0.5) is 5.95 Å². The van der Waals surface area contributed by atoms with E-state index < -0.39 is 0 Å². The number of hydrazone groups is 1. The molecule has 3 aromatic rings. The van der Waals surface area contributed by atoms with Crippen LogP contribution in [-0.4, -0.2) is 15.8 Å². The smallest absolute Gasteiger partial charge is 0.262 e. The second-order valence-electron chi connectivity index (χ2n) is 5.59. The van der Waals surface area contributed by atoms with Crippen molar-refractivity contribution in [2.75, 3.05) is 5.43 Å². The van der Waals surface area contributed by atoms with Crippen LogP contribution in [0.2, 0.25) is 0 Å². The van der Waals surface area contributed by atoms with Gasteiger partial charge in [0.1, 0.15) is 0 Å². The highest BCUT2D eigenvalue weighted by atomic mass is 16.1. The number of nitrogens with one attached hydrogen (secondary N) is 1. The Kier molecular flexibility index (Phi) is 4.70. The maximum Gasteiger partial charge on any atom is 0.262 e. The molecule has 0 aliphatic rings. The Balaban J connectivity index is 1.87. The van der Waals surface area contributed by atoms with Crippen molar-refractivity contribution in [3.8, 4) is 0 Å². The maximum atomic E-state index is 12.5. The molecule has 0 radical (unpaired) electrons. The van der Waals surface area contributed by atoms with Crippen LogP contribution >= 0.6 is 0 Å². The molecule has 0 aliphatic heterocycles. The number of anilines is 1. The average Bonchev–Trinajstić information content (AvgIpc) is 2.63. The monoisotopic (exact) mass is 320 g/mol. The van der Waals surface area contributed by atoms with Gasteiger partial charge >= 0.3 is 0 Å². The summed E-state index contributed by atoms with van der Waals surface area (Å²) in [6.45, 7) is 4.52. The van der Waals surface area contributed by atoms with Crippen molar-refractivity contribution in [3.63, 3.8) is 0 Å². The minimum atomic E-state index is -0.0584. The van der Waals surface area contributed by atoms with Gasteiger partial charge in [0, 0.05) is 18.7 Å². The molecule has 1 atom stereocenters. The van der Waals surface area contributed by atoms with Gasteiger partial charge in [-0.25, -0.2) is 10.4 Å². The molecule has 0 saturated heterocycles. The molecule has 1 aromatic heterocycles. The van der Waals surface area contributed by atoms with Gasteiger partial charge in [0.15, 0.2) is 0 Å². The van der Waals surface area contributed by atoms with Crippen LogP contribution in [0.3, 0.4) is 0 Å². The second kappa shape index (κ2) is 7.08. The van der Waals surface area contributed by atoms with E-state index in [1.54, 1.807) is 10.6 Å². The maximum absolute atomic E-state index is 12.5. The molecule has 5 nitrogen and oxygen atoms in total. The lowest BCUT2D eigenvalue weighted by Crippen LogP contribution is -2.23. The largest absolute Gasteiger partial charge is 0.277 e. The quantitative estimate of drug-likeness (QED) is 0.577. The molecular weight excluding hydrogens is 300 g/mol. The number of fused-ring (bicyclic) bond motifs is 1. The molecule has 5 heteroatoms. The van der Waals surface area contributed by atoms with Crippen molar-refractivity contribution in [1.29, 1.82) is 0 Å². The summed E-state index contributed by atoms with van der Waals surface area (Å²) in [6, 6.07) is 17.5. The highest BCUT2D eigenvalue weighted by Gasteiger charge is 2.08. The van der Waals surface area contributed by atoms with E-state index in [1.165, 1.54) is 5.56 Å². The zero-order chi connectivity index (χ0) is 16.9. The molecular formula is C19H20N4O. The van der Waals surface area contributed by atoms with Crippen LogP contribution in [-0.2, 0) is 6.54 Å². The number of para-hydroxylation sites is 1. The van der Waals surface area contributed by atoms with Crippen LogP contribution in [0.15, 0.2) is 64.5 Å². The lowest BCUT2D eigenvalue weighted by Gasteiger charge is -2.11. The Morgan fingerprint density at radius 3 is 2.62 bits per heavy atom. The van der Waals surface area contributed by atoms with Gasteiger partial charge in [-0.1, -0.05) is 49.4 Å². The zero-order valence-corrected chi connectivity index (χ0v) is 13.8. The molecule has 122 valence electrons. The number of benzene rings is 2. The number of aromatic nitrogens is 2. The SMILES string of the molecule is CCn1c(N/N=C\[C@H](C)c2ccccc2)nc2ccccc2c1=O. The lowest BCUT2D eigenvalue weighted by molar-refractivity contribution is 0.724. The lowest BCUT2D eigenvalue weighted by atomic mass is 10.0. The van der Waals surface area contributed by atoms with Gasteiger partial charge in [0.25, 0.3) is 5.56 Å². The fraction of sp³-hybridized carbons (Fsp3) is 0.211. The third kappa shape index (κ3) is 3.20. The predicted octanol–water partition coefficient (Wildman–Crippen LogP) is 3.62. The molecule has 2 aromatic carbocycles. The van der Waals surface area contributed by atoms with Crippen LogP contribution in [0.5, 0.6) is 0 Å². The molecule has 3 rings (SSSR count). The van der Waals surface area contributed by atoms with Crippen molar-refractivity contribution < 1.29 is 0 Å². The van der Waals surface area contributed by atoms with Crippen molar-refractivity contribution in [2.24, 2.45) is 5.10 Å². The first-order chi connectivity index (χ1) is 11.7. The molecule has 0 amide bonds. The summed E-state index contributed by atoms with van der Waals surface area (Å²) < 4.78 is 1.59. The van der Waals surface area contributed by atoms with Crippen molar-refractivity contribution >= 4 is 23.1 Å². The first-order valence-corrected chi connectivity index (χ1v) is 8.04. The van der Waals surface area contributed by atoms with Crippen molar-refractivity contribution in [1.82, 2.24) is 9.55 Å². The molecule has 0 unspecified atom stereocenters. The highest BCUT2D eigenvalue weighted by molar-refractivity contribution is 5.78. The van der Waals surface area contributed by atoms with E-state index in [4.69, 9.17) is 0 Å². The highest BCUT2D eigenvalue weighted by Crippen LogP contribution is 2.13. The minimum absolute atomic E-state index is 0.0584. The summed E-state index contributed by atoms with van der Waals surface area (Å²) in [7, 11) is 0. The van der Waals surface area contributed by atoms with Gasteiger partial charge in [-0.2, -0.15) is 5.10 Å².